The molecule has 3 rings (SSSR count). The fraction of sp³-hybridized carbons (Fsp3) is 0.706. The first-order chi connectivity index (χ1) is 10.7. The van der Waals surface area contributed by atoms with E-state index in [-0.39, 0.29) is 5.41 Å². The Morgan fingerprint density at radius 1 is 1.14 bits per heavy atom. The van der Waals surface area contributed by atoms with Crippen molar-refractivity contribution < 1.29 is 5.11 Å². The van der Waals surface area contributed by atoms with Crippen molar-refractivity contribution in [1.82, 2.24) is 14.8 Å². The van der Waals surface area contributed by atoms with E-state index in [4.69, 9.17) is 11.6 Å². The van der Waals surface area contributed by atoms with Crippen LogP contribution in [0.3, 0.4) is 0 Å². The largest absolute Gasteiger partial charge is 0.396 e. The molecule has 5 heteroatoms. The molecule has 2 aliphatic rings. The highest BCUT2D eigenvalue weighted by Gasteiger charge is 2.36. The Bertz CT molecular complexity index is 483. The molecule has 0 saturated carbocycles. The van der Waals surface area contributed by atoms with Crippen LogP contribution in [0.4, 0.5) is 0 Å². The molecule has 2 fully saturated rings. The second-order valence-corrected chi connectivity index (χ2v) is 7.29. The topological polar surface area (TPSA) is 39.6 Å². The number of pyridine rings is 1. The van der Waals surface area contributed by atoms with Gasteiger partial charge < -0.3 is 10.0 Å². The number of aliphatic hydroxyl groups excluding tert-OH is 1. The Labute approximate surface area is 138 Å². The zero-order chi connectivity index (χ0) is 15.4. The summed E-state index contributed by atoms with van der Waals surface area (Å²) in [6.45, 7) is 6.70. The lowest BCUT2D eigenvalue weighted by Gasteiger charge is -2.42. The number of hydrogen-bond donors (Lipinski definition) is 1. The minimum Gasteiger partial charge on any atom is -0.396 e. The van der Waals surface area contributed by atoms with E-state index in [1.54, 1.807) is 6.20 Å². The Morgan fingerprint density at radius 2 is 1.86 bits per heavy atom. The fourth-order valence-corrected chi connectivity index (χ4v) is 3.90. The van der Waals surface area contributed by atoms with E-state index in [9.17, 15) is 5.11 Å². The molecule has 3 heterocycles. The Balaban J connectivity index is 1.55. The van der Waals surface area contributed by atoms with Crippen molar-refractivity contribution >= 4 is 11.6 Å². The van der Waals surface area contributed by atoms with Gasteiger partial charge in [0.15, 0.2) is 0 Å². The van der Waals surface area contributed by atoms with Crippen molar-refractivity contribution in [3.05, 3.63) is 29.0 Å². The number of hydrogen-bond acceptors (Lipinski definition) is 4. The van der Waals surface area contributed by atoms with Crippen LogP contribution in [0.5, 0.6) is 0 Å². The molecule has 2 aliphatic heterocycles. The molecule has 122 valence electrons. The van der Waals surface area contributed by atoms with Crippen molar-refractivity contribution in [2.45, 2.75) is 32.2 Å². The smallest absolute Gasteiger partial charge is 0.0500 e. The van der Waals surface area contributed by atoms with Gasteiger partial charge in [-0.2, -0.15) is 0 Å². The van der Waals surface area contributed by atoms with Crippen molar-refractivity contribution in [2.75, 3.05) is 39.3 Å². The Hall–Kier alpha value is -0.680. The van der Waals surface area contributed by atoms with Gasteiger partial charge in [0.05, 0.1) is 6.61 Å². The summed E-state index contributed by atoms with van der Waals surface area (Å²) in [4.78, 5) is 9.13. The number of piperidine rings is 1. The summed E-state index contributed by atoms with van der Waals surface area (Å²) >= 11 is 6.23. The van der Waals surface area contributed by atoms with Crippen LogP contribution in [0.2, 0.25) is 5.02 Å². The monoisotopic (exact) mass is 323 g/mol. The highest BCUT2D eigenvalue weighted by Crippen LogP contribution is 2.34. The van der Waals surface area contributed by atoms with Crippen LogP contribution in [-0.2, 0) is 6.54 Å². The van der Waals surface area contributed by atoms with Gasteiger partial charge in [0.2, 0.25) is 0 Å². The number of likely N-dealkylation sites (tertiary alicyclic amines) is 2. The van der Waals surface area contributed by atoms with Gasteiger partial charge in [0, 0.05) is 41.5 Å². The first kappa shape index (κ1) is 16.2. The quantitative estimate of drug-likeness (QED) is 0.903. The summed E-state index contributed by atoms with van der Waals surface area (Å²) in [5.41, 5.74) is 1.19. The maximum Gasteiger partial charge on any atom is 0.0500 e. The van der Waals surface area contributed by atoms with E-state index in [1.165, 1.54) is 25.9 Å². The van der Waals surface area contributed by atoms with Crippen molar-refractivity contribution in [1.29, 1.82) is 0 Å². The summed E-state index contributed by atoms with van der Waals surface area (Å²) in [5.74, 6) is 0. The molecule has 0 atom stereocenters. The Morgan fingerprint density at radius 3 is 2.50 bits per heavy atom. The normalized spacial score (nSPS) is 23.0. The molecule has 0 amide bonds. The van der Waals surface area contributed by atoms with Gasteiger partial charge in [-0.1, -0.05) is 11.6 Å². The minimum atomic E-state index is 0.0968. The zero-order valence-corrected chi connectivity index (χ0v) is 13.9. The molecule has 4 nitrogen and oxygen atoms in total. The summed E-state index contributed by atoms with van der Waals surface area (Å²) in [7, 11) is 0. The van der Waals surface area contributed by atoms with Crippen molar-refractivity contribution in [3.8, 4) is 0 Å². The lowest BCUT2D eigenvalue weighted by Crippen LogP contribution is -2.47. The van der Waals surface area contributed by atoms with E-state index in [2.05, 4.69) is 14.8 Å². The van der Waals surface area contributed by atoms with Crippen molar-refractivity contribution in [2.24, 2.45) is 5.41 Å². The van der Waals surface area contributed by atoms with E-state index < -0.39 is 0 Å². The molecule has 1 N–H and O–H groups in total. The third kappa shape index (κ3) is 3.80. The third-order valence-corrected chi connectivity index (χ3v) is 5.62. The van der Waals surface area contributed by atoms with E-state index in [0.29, 0.717) is 6.61 Å². The number of aliphatic hydroxyl groups is 1. The van der Waals surface area contributed by atoms with Gasteiger partial charge in [0.1, 0.15) is 0 Å². The summed E-state index contributed by atoms with van der Waals surface area (Å²) in [6.07, 6.45) is 8.35. The molecule has 1 aromatic heterocycles. The number of halogens is 1. The predicted octanol–water partition coefficient (Wildman–Crippen LogP) is 2.41. The van der Waals surface area contributed by atoms with Gasteiger partial charge in [-0.15, -0.1) is 0 Å². The van der Waals surface area contributed by atoms with Crippen LogP contribution in [0, 0.1) is 5.41 Å². The molecule has 2 saturated heterocycles. The maximum absolute atomic E-state index is 9.95. The molecule has 0 spiro atoms. The molecule has 0 bridgehead atoms. The lowest BCUT2D eigenvalue weighted by molar-refractivity contribution is 0.0165. The van der Waals surface area contributed by atoms with E-state index in [0.717, 1.165) is 49.6 Å². The number of rotatable bonds is 5. The van der Waals surface area contributed by atoms with Crippen LogP contribution in [0.15, 0.2) is 18.5 Å². The van der Waals surface area contributed by atoms with Gasteiger partial charge in [-0.05, 0) is 57.9 Å². The predicted molar refractivity (Wildman–Crippen MR) is 89.0 cm³/mol. The molecular weight excluding hydrogens is 298 g/mol. The van der Waals surface area contributed by atoms with Gasteiger partial charge in [-0.3, -0.25) is 9.88 Å². The van der Waals surface area contributed by atoms with Crippen LogP contribution in [0.1, 0.15) is 31.2 Å². The zero-order valence-electron chi connectivity index (χ0n) is 13.2. The average Bonchev–Trinajstić information content (AvgIpc) is 3.04. The molecular formula is C17H26ClN3O. The SMILES string of the molecule is OCC1(CN2CCCC2)CCN(Cc2cnccc2Cl)CC1. The molecule has 1 aromatic rings. The average molecular weight is 324 g/mol. The first-order valence-electron chi connectivity index (χ1n) is 8.35. The fourth-order valence-electron chi connectivity index (χ4n) is 3.73. The second-order valence-electron chi connectivity index (χ2n) is 6.88. The first-order valence-corrected chi connectivity index (χ1v) is 8.73. The number of nitrogens with zero attached hydrogens (tertiary/aromatic N) is 3. The maximum atomic E-state index is 9.95. The van der Waals surface area contributed by atoms with Crippen molar-refractivity contribution in [3.63, 3.8) is 0 Å². The highest BCUT2D eigenvalue weighted by atomic mass is 35.5. The Kier molecular flexibility index (Phi) is 5.34. The molecule has 0 aromatic carbocycles. The van der Waals surface area contributed by atoms with Crippen LogP contribution in [-0.4, -0.2) is 59.2 Å². The molecule has 0 aliphatic carbocycles. The lowest BCUT2D eigenvalue weighted by atomic mass is 9.78. The van der Waals surface area contributed by atoms with Gasteiger partial charge in [-0.25, -0.2) is 0 Å². The number of aromatic nitrogens is 1. The van der Waals surface area contributed by atoms with Gasteiger partial charge in [0.25, 0.3) is 0 Å². The van der Waals surface area contributed by atoms with E-state index >= 15 is 0 Å². The molecule has 22 heavy (non-hydrogen) atoms. The van der Waals surface area contributed by atoms with Crippen LogP contribution in [0.25, 0.3) is 0 Å². The third-order valence-electron chi connectivity index (χ3n) is 5.25. The summed E-state index contributed by atoms with van der Waals surface area (Å²) in [5, 5.41) is 10.7. The van der Waals surface area contributed by atoms with Crippen LogP contribution >= 0.6 is 11.6 Å². The minimum absolute atomic E-state index is 0.0968. The molecule has 0 radical (unpaired) electrons. The highest BCUT2D eigenvalue weighted by molar-refractivity contribution is 6.31. The van der Waals surface area contributed by atoms with Crippen LogP contribution < -0.4 is 0 Å². The second kappa shape index (κ2) is 7.26. The summed E-state index contributed by atoms with van der Waals surface area (Å²) in [6, 6.07) is 1.85. The summed E-state index contributed by atoms with van der Waals surface area (Å²) < 4.78 is 0. The molecule has 0 unspecified atom stereocenters. The van der Waals surface area contributed by atoms with Gasteiger partial charge >= 0.3 is 0 Å². The van der Waals surface area contributed by atoms with E-state index in [1.807, 2.05) is 12.3 Å². The standard InChI is InChI=1S/C17H26ClN3O/c18-16-3-6-19-11-15(16)12-20-9-4-17(14-22,5-10-20)13-21-7-1-2-8-21/h3,6,11,22H,1-2,4-5,7-10,12-14H2.